The summed E-state index contributed by atoms with van der Waals surface area (Å²) in [5, 5.41) is 7.11. The first-order valence-electron chi connectivity index (χ1n) is 16.6. The summed E-state index contributed by atoms with van der Waals surface area (Å²) >= 11 is 0. The molecule has 0 aliphatic carbocycles. The van der Waals surface area contributed by atoms with Gasteiger partial charge in [0, 0.05) is 43.4 Å². The molecule has 0 saturated heterocycles. The molecule has 0 radical (unpaired) electrons. The third kappa shape index (κ3) is 4.10. The lowest BCUT2D eigenvalue weighted by Gasteiger charge is -2.17. The molecule has 4 heteroatoms. The van der Waals surface area contributed by atoms with Gasteiger partial charge in [-0.1, -0.05) is 146 Å². The van der Waals surface area contributed by atoms with Gasteiger partial charge in [0.25, 0.3) is 0 Å². The molecule has 0 spiro atoms. The summed E-state index contributed by atoms with van der Waals surface area (Å²) in [6.45, 7) is 0. The predicted molar refractivity (Wildman–Crippen MR) is 205 cm³/mol. The molecule has 0 saturated carbocycles. The zero-order valence-electron chi connectivity index (χ0n) is 26.5. The topological polar surface area (TPSA) is 34.9 Å². The Balaban J connectivity index is 1.34. The molecule has 3 heterocycles. The van der Waals surface area contributed by atoms with Gasteiger partial charge in [-0.05, 0) is 46.7 Å². The Kier molecular flexibility index (Phi) is 6.15. The fourth-order valence-electron chi connectivity index (χ4n) is 7.84. The molecule has 49 heavy (non-hydrogen) atoms. The van der Waals surface area contributed by atoms with E-state index in [-0.39, 0.29) is 0 Å². The normalized spacial score (nSPS) is 15.1. The van der Waals surface area contributed by atoms with E-state index in [0.717, 1.165) is 87.8 Å². The summed E-state index contributed by atoms with van der Waals surface area (Å²) in [5.41, 5.74) is 9.15. The van der Waals surface area contributed by atoms with Crippen LogP contribution in [0.25, 0.3) is 71.9 Å². The van der Waals surface area contributed by atoms with Crippen molar-refractivity contribution in [2.75, 3.05) is 0 Å². The summed E-state index contributed by atoms with van der Waals surface area (Å²) in [4.78, 5) is 5.16. The Morgan fingerprint density at radius 3 is 1.80 bits per heavy atom. The van der Waals surface area contributed by atoms with E-state index in [9.17, 15) is 0 Å². The Bertz CT molecular complexity index is 2730. The first-order valence-corrected chi connectivity index (χ1v) is 18.3. The largest absolute Gasteiger partial charge is 0.309 e. The van der Waals surface area contributed by atoms with Crippen molar-refractivity contribution in [2.45, 2.75) is 0 Å². The highest BCUT2D eigenvalue weighted by molar-refractivity contribution is 7.87. The number of rotatable bonds is 4. The molecule has 2 aromatic heterocycles. The van der Waals surface area contributed by atoms with E-state index >= 15 is 4.57 Å². The highest BCUT2D eigenvalue weighted by Gasteiger charge is 2.43. The van der Waals surface area contributed by atoms with Crippen LogP contribution in [0.1, 0.15) is 0 Å². The molecule has 3 nitrogen and oxygen atoms in total. The molecular weight excluding hydrogens is 615 g/mol. The van der Waals surface area contributed by atoms with E-state index in [4.69, 9.17) is 4.98 Å². The van der Waals surface area contributed by atoms with Crippen molar-refractivity contribution < 1.29 is 4.57 Å². The third-order valence-corrected chi connectivity index (χ3v) is 13.1. The third-order valence-electron chi connectivity index (χ3n) is 9.97. The van der Waals surface area contributed by atoms with Crippen LogP contribution in [0.2, 0.25) is 0 Å². The average molecular weight is 645 g/mol. The van der Waals surface area contributed by atoms with Crippen molar-refractivity contribution in [3.05, 3.63) is 176 Å². The number of aromatic nitrogens is 2. The Labute approximate surface area is 284 Å². The van der Waals surface area contributed by atoms with Crippen molar-refractivity contribution in [1.82, 2.24) is 9.55 Å². The van der Waals surface area contributed by atoms with Gasteiger partial charge < -0.3 is 9.13 Å². The van der Waals surface area contributed by atoms with Crippen LogP contribution in [-0.2, 0) is 4.57 Å². The summed E-state index contributed by atoms with van der Waals surface area (Å²) in [7, 11) is -3.28. The fraction of sp³-hybridized carbons (Fsp3) is 0. The van der Waals surface area contributed by atoms with Crippen LogP contribution >= 0.6 is 7.14 Å². The average Bonchev–Trinajstić information content (AvgIpc) is 3.66. The van der Waals surface area contributed by atoms with Crippen molar-refractivity contribution >= 4 is 55.6 Å². The lowest BCUT2D eigenvalue weighted by molar-refractivity contribution is 0.593. The predicted octanol–water partition coefficient (Wildman–Crippen LogP) is 10.3. The minimum absolute atomic E-state index is 0.858. The number of hydrogen-bond acceptors (Lipinski definition) is 2. The van der Waals surface area contributed by atoms with Crippen LogP contribution in [0.4, 0.5) is 0 Å². The van der Waals surface area contributed by atoms with Crippen LogP contribution in [-0.4, -0.2) is 9.55 Å². The molecular formula is C45H29N2OP. The van der Waals surface area contributed by atoms with E-state index in [1.54, 1.807) is 0 Å². The van der Waals surface area contributed by atoms with E-state index < -0.39 is 7.14 Å². The summed E-state index contributed by atoms with van der Waals surface area (Å²) < 4.78 is 18.5. The number of nitrogens with zero attached hydrogens (tertiary/aromatic N) is 2. The van der Waals surface area contributed by atoms with Gasteiger partial charge in [0.15, 0.2) is 7.14 Å². The van der Waals surface area contributed by atoms with Gasteiger partial charge in [0.2, 0.25) is 0 Å². The van der Waals surface area contributed by atoms with Crippen LogP contribution in [0, 0.1) is 0 Å². The number of pyridine rings is 1. The quantitative estimate of drug-likeness (QED) is 0.179. The summed E-state index contributed by atoms with van der Waals surface area (Å²) in [6.07, 6.45) is 0. The van der Waals surface area contributed by atoms with E-state index in [2.05, 4.69) is 138 Å². The summed E-state index contributed by atoms with van der Waals surface area (Å²) in [6, 6.07) is 60.8. The zero-order chi connectivity index (χ0) is 32.5. The Hall–Kier alpha value is -6.02. The van der Waals surface area contributed by atoms with Gasteiger partial charge in [-0.25, -0.2) is 4.98 Å². The second kappa shape index (κ2) is 10.8. The highest BCUT2D eigenvalue weighted by Crippen LogP contribution is 2.56. The molecule has 0 fully saturated rings. The van der Waals surface area contributed by atoms with Gasteiger partial charge in [-0.15, -0.1) is 0 Å². The molecule has 1 atom stereocenters. The van der Waals surface area contributed by atoms with Crippen molar-refractivity contribution in [2.24, 2.45) is 0 Å². The highest BCUT2D eigenvalue weighted by atomic mass is 31.2. The number of fused-ring (bicyclic) bond motifs is 9. The molecule has 9 aromatic rings. The zero-order valence-corrected chi connectivity index (χ0v) is 27.4. The molecule has 1 unspecified atom stereocenters. The SMILES string of the molecule is O=P1(c2ccccc2)c2ccc3ccccc3c2-c2ccc3c(c21)c1ccccc1n3-c1cc(-c2ccccc2)nc(-c2ccccc2)c1. The molecule has 1 aliphatic heterocycles. The molecule has 7 aromatic carbocycles. The van der Waals surface area contributed by atoms with E-state index in [0.29, 0.717) is 0 Å². The van der Waals surface area contributed by atoms with Gasteiger partial charge in [-0.3, -0.25) is 0 Å². The van der Waals surface area contributed by atoms with E-state index in [1.165, 1.54) is 0 Å². The molecule has 0 bridgehead atoms. The first-order chi connectivity index (χ1) is 24.2. The second-order valence-electron chi connectivity index (χ2n) is 12.7. The second-order valence-corrected chi connectivity index (χ2v) is 15.3. The number of para-hydroxylation sites is 1. The lowest BCUT2D eigenvalue weighted by Crippen LogP contribution is -2.21. The van der Waals surface area contributed by atoms with Crippen LogP contribution in [0.5, 0.6) is 0 Å². The molecule has 1 aliphatic rings. The fourth-order valence-corrected chi connectivity index (χ4v) is 11.1. The van der Waals surface area contributed by atoms with Crippen molar-refractivity contribution in [3.8, 4) is 39.3 Å². The minimum Gasteiger partial charge on any atom is -0.309 e. The number of hydrogen-bond donors (Lipinski definition) is 0. The van der Waals surface area contributed by atoms with Gasteiger partial charge in [-0.2, -0.15) is 0 Å². The van der Waals surface area contributed by atoms with Crippen molar-refractivity contribution in [3.63, 3.8) is 0 Å². The van der Waals surface area contributed by atoms with Crippen molar-refractivity contribution in [1.29, 1.82) is 0 Å². The molecule has 230 valence electrons. The number of benzene rings is 7. The molecule has 0 N–H and O–H groups in total. The lowest BCUT2D eigenvalue weighted by atomic mass is 9.97. The van der Waals surface area contributed by atoms with Gasteiger partial charge >= 0.3 is 0 Å². The molecule has 0 amide bonds. The Morgan fingerprint density at radius 2 is 1.10 bits per heavy atom. The van der Waals surface area contributed by atoms with Gasteiger partial charge in [0.05, 0.1) is 28.1 Å². The maximum absolute atomic E-state index is 16.2. The molecule has 10 rings (SSSR count). The maximum Gasteiger partial charge on any atom is 0.172 e. The van der Waals surface area contributed by atoms with E-state index in [1.807, 2.05) is 42.5 Å². The standard InChI is InChI=1S/C45H29N2OP/c48-49(34-19-8-3-9-20-34)42-27-24-30-14-10-11-21-35(30)43(42)37-25-26-41-44(45(37)49)36-22-12-13-23-40(36)47(41)33-28-38(31-15-4-1-5-16-31)46-39(29-33)32-17-6-2-7-18-32/h1-29H. The smallest absolute Gasteiger partial charge is 0.172 e. The van der Waals surface area contributed by atoms with Crippen LogP contribution < -0.4 is 15.9 Å². The monoisotopic (exact) mass is 644 g/mol. The maximum atomic E-state index is 16.2. The van der Waals surface area contributed by atoms with Gasteiger partial charge in [0.1, 0.15) is 0 Å². The Morgan fingerprint density at radius 1 is 0.510 bits per heavy atom. The summed E-state index contributed by atoms with van der Waals surface area (Å²) in [5.74, 6) is 0. The minimum atomic E-state index is -3.28. The van der Waals surface area contributed by atoms with Crippen LogP contribution in [0.3, 0.4) is 0 Å². The first kappa shape index (κ1) is 28.0. The van der Waals surface area contributed by atoms with Crippen LogP contribution in [0.15, 0.2) is 176 Å².